The fourth-order valence-corrected chi connectivity index (χ4v) is 2.39. The predicted octanol–water partition coefficient (Wildman–Crippen LogP) is 2.81. The molecule has 0 radical (unpaired) electrons. The monoisotopic (exact) mass is 287 g/mol. The SMILES string of the molecule is Nc1ccc2c(c1)nc(CO)n2Cc1ccc(Cl)cc1. The number of benzene rings is 2. The summed E-state index contributed by atoms with van der Waals surface area (Å²) in [6, 6.07) is 13.2. The minimum atomic E-state index is -0.109. The number of aromatic nitrogens is 2. The van der Waals surface area contributed by atoms with E-state index in [0.29, 0.717) is 23.1 Å². The third-order valence-electron chi connectivity index (χ3n) is 3.25. The van der Waals surface area contributed by atoms with E-state index in [2.05, 4.69) is 4.98 Å². The first-order valence-corrected chi connectivity index (χ1v) is 6.65. The van der Waals surface area contributed by atoms with Gasteiger partial charge in [0.05, 0.1) is 11.0 Å². The van der Waals surface area contributed by atoms with Crippen molar-refractivity contribution in [3.8, 4) is 0 Å². The Bertz CT molecular complexity index is 750. The number of fused-ring (bicyclic) bond motifs is 1. The summed E-state index contributed by atoms with van der Waals surface area (Å²) in [4.78, 5) is 4.41. The van der Waals surface area contributed by atoms with Crippen LogP contribution in [0.1, 0.15) is 11.4 Å². The van der Waals surface area contributed by atoms with Gasteiger partial charge in [0, 0.05) is 17.3 Å². The number of nitrogens with zero attached hydrogens (tertiary/aromatic N) is 2. The van der Waals surface area contributed by atoms with Crippen molar-refractivity contribution >= 4 is 28.3 Å². The lowest BCUT2D eigenvalue weighted by Crippen LogP contribution is -2.05. The van der Waals surface area contributed by atoms with Gasteiger partial charge in [0.25, 0.3) is 0 Å². The van der Waals surface area contributed by atoms with Gasteiger partial charge in [0.2, 0.25) is 0 Å². The molecule has 2 aromatic carbocycles. The third-order valence-corrected chi connectivity index (χ3v) is 3.50. The highest BCUT2D eigenvalue weighted by Crippen LogP contribution is 2.21. The number of nitrogens with two attached hydrogens (primary N) is 1. The molecule has 5 heteroatoms. The van der Waals surface area contributed by atoms with Crippen molar-refractivity contribution in [2.75, 3.05) is 5.73 Å². The molecule has 0 aliphatic heterocycles. The standard InChI is InChI=1S/C15H14ClN3O/c16-11-3-1-10(2-4-11)8-19-14-6-5-12(17)7-13(14)18-15(19)9-20/h1-7,20H,8-9,17H2. The first-order valence-electron chi connectivity index (χ1n) is 6.27. The normalized spacial score (nSPS) is 11.1. The van der Waals surface area contributed by atoms with Crippen LogP contribution < -0.4 is 5.73 Å². The van der Waals surface area contributed by atoms with Crippen LogP contribution in [0.2, 0.25) is 5.02 Å². The zero-order chi connectivity index (χ0) is 14.1. The van der Waals surface area contributed by atoms with Crippen LogP contribution in [0.25, 0.3) is 11.0 Å². The smallest absolute Gasteiger partial charge is 0.136 e. The summed E-state index contributed by atoms with van der Waals surface area (Å²) >= 11 is 5.89. The molecular formula is C15H14ClN3O. The van der Waals surface area contributed by atoms with Gasteiger partial charge in [-0.05, 0) is 35.9 Å². The molecule has 0 aliphatic carbocycles. The second-order valence-corrected chi connectivity index (χ2v) is 5.08. The van der Waals surface area contributed by atoms with Gasteiger partial charge >= 0.3 is 0 Å². The van der Waals surface area contributed by atoms with Crippen LogP contribution in [-0.2, 0) is 13.2 Å². The van der Waals surface area contributed by atoms with E-state index in [1.54, 1.807) is 0 Å². The van der Waals surface area contributed by atoms with E-state index in [4.69, 9.17) is 17.3 Å². The number of rotatable bonds is 3. The van der Waals surface area contributed by atoms with Crippen LogP contribution >= 0.6 is 11.6 Å². The first kappa shape index (κ1) is 13.0. The van der Waals surface area contributed by atoms with Gasteiger partial charge in [-0.1, -0.05) is 23.7 Å². The van der Waals surface area contributed by atoms with Crippen LogP contribution in [-0.4, -0.2) is 14.7 Å². The lowest BCUT2D eigenvalue weighted by atomic mass is 10.2. The fourth-order valence-electron chi connectivity index (χ4n) is 2.27. The summed E-state index contributed by atoms with van der Waals surface area (Å²) in [5.41, 5.74) is 9.28. The van der Waals surface area contributed by atoms with Crippen molar-refractivity contribution < 1.29 is 5.11 Å². The van der Waals surface area contributed by atoms with Crippen molar-refractivity contribution in [1.29, 1.82) is 0 Å². The number of halogens is 1. The minimum Gasteiger partial charge on any atom is -0.399 e. The molecule has 0 aliphatic rings. The maximum Gasteiger partial charge on any atom is 0.136 e. The van der Waals surface area contributed by atoms with Gasteiger partial charge in [-0.25, -0.2) is 4.98 Å². The first-order chi connectivity index (χ1) is 9.67. The number of hydrogen-bond acceptors (Lipinski definition) is 3. The van der Waals surface area contributed by atoms with E-state index in [-0.39, 0.29) is 6.61 Å². The highest BCUT2D eigenvalue weighted by atomic mass is 35.5. The maximum atomic E-state index is 9.48. The Morgan fingerprint density at radius 3 is 2.60 bits per heavy atom. The number of anilines is 1. The van der Waals surface area contributed by atoms with Crippen molar-refractivity contribution in [1.82, 2.24) is 9.55 Å². The molecule has 3 aromatic rings. The van der Waals surface area contributed by atoms with Crippen LogP contribution in [0.3, 0.4) is 0 Å². The number of hydrogen-bond donors (Lipinski definition) is 2. The summed E-state index contributed by atoms with van der Waals surface area (Å²) < 4.78 is 1.98. The summed E-state index contributed by atoms with van der Waals surface area (Å²) in [5.74, 6) is 0.626. The molecule has 3 N–H and O–H groups in total. The maximum absolute atomic E-state index is 9.48. The Balaban J connectivity index is 2.07. The van der Waals surface area contributed by atoms with Gasteiger partial charge in [0.1, 0.15) is 12.4 Å². The molecule has 0 saturated carbocycles. The Morgan fingerprint density at radius 2 is 1.90 bits per heavy atom. The molecule has 0 unspecified atom stereocenters. The van der Waals surface area contributed by atoms with E-state index in [1.165, 1.54) is 0 Å². The van der Waals surface area contributed by atoms with E-state index >= 15 is 0 Å². The lowest BCUT2D eigenvalue weighted by molar-refractivity contribution is 0.267. The average molecular weight is 288 g/mol. The van der Waals surface area contributed by atoms with Gasteiger partial charge in [-0.2, -0.15) is 0 Å². The summed E-state index contributed by atoms with van der Waals surface area (Å²) in [6.45, 7) is 0.523. The van der Waals surface area contributed by atoms with Crippen molar-refractivity contribution in [2.45, 2.75) is 13.2 Å². The summed E-state index contributed by atoms with van der Waals surface area (Å²) in [7, 11) is 0. The van der Waals surface area contributed by atoms with Gasteiger partial charge in [-0.3, -0.25) is 0 Å². The summed E-state index contributed by atoms with van der Waals surface area (Å²) in [6.07, 6.45) is 0. The predicted molar refractivity (Wildman–Crippen MR) is 80.6 cm³/mol. The van der Waals surface area contributed by atoms with Crippen LogP contribution in [0, 0.1) is 0 Å². The molecule has 0 atom stereocenters. The molecule has 20 heavy (non-hydrogen) atoms. The molecule has 0 bridgehead atoms. The second-order valence-electron chi connectivity index (χ2n) is 4.65. The Morgan fingerprint density at radius 1 is 1.15 bits per heavy atom. The molecule has 0 spiro atoms. The molecule has 1 heterocycles. The quantitative estimate of drug-likeness (QED) is 0.728. The van der Waals surface area contributed by atoms with E-state index in [1.807, 2.05) is 47.0 Å². The molecular weight excluding hydrogens is 274 g/mol. The Hall–Kier alpha value is -2.04. The van der Waals surface area contributed by atoms with Crippen LogP contribution in [0.5, 0.6) is 0 Å². The zero-order valence-electron chi connectivity index (χ0n) is 10.8. The zero-order valence-corrected chi connectivity index (χ0v) is 11.5. The third kappa shape index (κ3) is 2.35. The largest absolute Gasteiger partial charge is 0.399 e. The van der Waals surface area contributed by atoms with Gasteiger partial charge < -0.3 is 15.4 Å². The number of aliphatic hydroxyl groups is 1. The summed E-state index contributed by atoms with van der Waals surface area (Å²) in [5, 5.41) is 10.2. The second kappa shape index (κ2) is 5.15. The van der Waals surface area contributed by atoms with Crippen molar-refractivity contribution in [2.24, 2.45) is 0 Å². The average Bonchev–Trinajstić information content (AvgIpc) is 2.78. The molecule has 0 fully saturated rings. The van der Waals surface area contributed by atoms with Crippen molar-refractivity contribution in [3.63, 3.8) is 0 Å². The topological polar surface area (TPSA) is 64.1 Å². The van der Waals surface area contributed by atoms with E-state index in [9.17, 15) is 5.11 Å². The van der Waals surface area contributed by atoms with E-state index in [0.717, 1.165) is 16.6 Å². The van der Waals surface area contributed by atoms with Crippen LogP contribution in [0.4, 0.5) is 5.69 Å². The molecule has 1 aromatic heterocycles. The number of nitrogen functional groups attached to an aromatic ring is 1. The van der Waals surface area contributed by atoms with Crippen molar-refractivity contribution in [3.05, 3.63) is 58.9 Å². The number of imidazole rings is 1. The molecule has 3 rings (SSSR count). The Kier molecular flexibility index (Phi) is 3.34. The molecule has 0 saturated heterocycles. The molecule has 4 nitrogen and oxygen atoms in total. The highest BCUT2D eigenvalue weighted by Gasteiger charge is 2.10. The van der Waals surface area contributed by atoms with E-state index < -0.39 is 0 Å². The lowest BCUT2D eigenvalue weighted by Gasteiger charge is -2.08. The molecule has 0 amide bonds. The highest BCUT2D eigenvalue weighted by molar-refractivity contribution is 6.30. The number of aliphatic hydroxyl groups excluding tert-OH is 1. The minimum absolute atomic E-state index is 0.109. The Labute approximate surface area is 121 Å². The molecule has 102 valence electrons. The van der Waals surface area contributed by atoms with Crippen LogP contribution in [0.15, 0.2) is 42.5 Å². The fraction of sp³-hybridized carbons (Fsp3) is 0.133. The van der Waals surface area contributed by atoms with Gasteiger partial charge in [-0.15, -0.1) is 0 Å². The van der Waals surface area contributed by atoms with Gasteiger partial charge in [0.15, 0.2) is 0 Å².